The van der Waals surface area contributed by atoms with Crippen LogP contribution in [0.25, 0.3) is 11.0 Å². The molecule has 1 aromatic heterocycles. The van der Waals surface area contributed by atoms with Crippen LogP contribution in [-0.4, -0.2) is 46.7 Å². The Labute approximate surface area is 183 Å². The van der Waals surface area contributed by atoms with Gasteiger partial charge in [-0.1, -0.05) is 31.2 Å². The van der Waals surface area contributed by atoms with Crippen molar-refractivity contribution in [2.45, 2.75) is 52.0 Å². The predicted octanol–water partition coefficient (Wildman–Crippen LogP) is 3.50. The van der Waals surface area contributed by atoms with Gasteiger partial charge in [-0.3, -0.25) is 4.79 Å². The number of hydrogen-bond donors (Lipinski definition) is 1. The highest BCUT2D eigenvalue weighted by atomic mass is 32.2. The van der Waals surface area contributed by atoms with E-state index in [4.69, 9.17) is 0 Å². The van der Waals surface area contributed by atoms with Gasteiger partial charge in [0.25, 0.3) is 0 Å². The molecule has 0 saturated heterocycles. The molecule has 0 aliphatic carbocycles. The van der Waals surface area contributed by atoms with Gasteiger partial charge in [-0.25, -0.2) is 13.1 Å². The molecule has 1 heterocycles. The van der Waals surface area contributed by atoms with Crippen LogP contribution in [0.4, 0.5) is 5.69 Å². The molecule has 166 valence electrons. The predicted molar refractivity (Wildman–Crippen MR) is 121 cm³/mol. The third-order valence-electron chi connectivity index (χ3n) is 5.27. The third kappa shape index (κ3) is 5.11. The first kappa shape index (κ1) is 22.9. The van der Waals surface area contributed by atoms with Crippen molar-refractivity contribution in [3.05, 3.63) is 47.5 Å². The van der Waals surface area contributed by atoms with Crippen LogP contribution in [0, 0.1) is 13.8 Å². The summed E-state index contributed by atoms with van der Waals surface area (Å²) < 4.78 is 28.5. The van der Waals surface area contributed by atoms with E-state index in [0.717, 1.165) is 22.3 Å². The van der Waals surface area contributed by atoms with Gasteiger partial charge in [-0.2, -0.15) is 4.31 Å². The molecule has 0 unspecified atom stereocenters. The van der Waals surface area contributed by atoms with Crippen molar-refractivity contribution >= 4 is 32.7 Å². The average Bonchev–Trinajstić information content (AvgIpc) is 3.14. The first-order chi connectivity index (χ1) is 14.8. The van der Waals surface area contributed by atoms with Crippen molar-refractivity contribution in [3.63, 3.8) is 0 Å². The Balaban J connectivity index is 1.65. The maximum Gasteiger partial charge on any atom is 0.243 e. The topological polar surface area (TPSA) is 97.2 Å². The molecule has 3 aromatic rings. The Bertz CT molecular complexity index is 1180. The zero-order valence-electron chi connectivity index (χ0n) is 18.4. The summed E-state index contributed by atoms with van der Waals surface area (Å²) in [5, 5.41) is 11.2. The first-order valence-electron chi connectivity index (χ1n) is 10.5. The number of sulfonamides is 1. The lowest BCUT2D eigenvalue weighted by Gasteiger charge is -2.18. The van der Waals surface area contributed by atoms with Crippen molar-refractivity contribution in [1.82, 2.24) is 19.3 Å². The molecule has 1 N–H and O–H groups in total. The molecule has 3 rings (SSSR count). The fourth-order valence-electron chi connectivity index (χ4n) is 3.46. The minimum absolute atomic E-state index is 0.0503. The number of anilines is 1. The Morgan fingerprint density at radius 2 is 1.84 bits per heavy atom. The van der Waals surface area contributed by atoms with E-state index >= 15 is 0 Å². The van der Waals surface area contributed by atoms with Crippen LogP contribution in [0.1, 0.15) is 37.8 Å². The highest BCUT2D eigenvalue weighted by Gasteiger charge is 2.22. The van der Waals surface area contributed by atoms with Gasteiger partial charge in [-0.15, -0.1) is 5.10 Å². The van der Waals surface area contributed by atoms with Crippen molar-refractivity contribution in [2.24, 2.45) is 0 Å². The molecule has 0 radical (unpaired) electrons. The Morgan fingerprint density at radius 3 is 2.55 bits per heavy atom. The summed E-state index contributed by atoms with van der Waals surface area (Å²) in [6.45, 7) is 8.91. The van der Waals surface area contributed by atoms with Crippen LogP contribution >= 0.6 is 0 Å². The number of nitrogens with zero attached hydrogens (tertiary/aromatic N) is 4. The molecular weight excluding hydrogens is 414 g/mol. The van der Waals surface area contributed by atoms with Crippen molar-refractivity contribution in [3.8, 4) is 0 Å². The number of hydrogen-bond acceptors (Lipinski definition) is 5. The summed E-state index contributed by atoms with van der Waals surface area (Å²) in [6.07, 6.45) is 0.942. The number of fused-ring (bicyclic) bond motifs is 1. The lowest BCUT2D eigenvalue weighted by molar-refractivity contribution is -0.116. The molecule has 0 spiro atoms. The van der Waals surface area contributed by atoms with E-state index in [1.54, 1.807) is 22.9 Å². The second-order valence-electron chi connectivity index (χ2n) is 7.52. The van der Waals surface area contributed by atoms with Gasteiger partial charge in [0.1, 0.15) is 5.52 Å². The van der Waals surface area contributed by atoms with Gasteiger partial charge in [-0.05, 0) is 55.7 Å². The smallest absolute Gasteiger partial charge is 0.243 e. The number of rotatable bonds is 9. The largest absolute Gasteiger partial charge is 0.326 e. The van der Waals surface area contributed by atoms with Crippen LogP contribution in [0.3, 0.4) is 0 Å². The van der Waals surface area contributed by atoms with Crippen LogP contribution in [0.2, 0.25) is 0 Å². The monoisotopic (exact) mass is 443 g/mol. The van der Waals surface area contributed by atoms with Gasteiger partial charge in [0.2, 0.25) is 15.9 Å². The molecule has 8 nitrogen and oxygen atoms in total. The number of nitrogens with one attached hydrogen (secondary N) is 1. The van der Waals surface area contributed by atoms with E-state index in [2.05, 4.69) is 15.6 Å². The quantitative estimate of drug-likeness (QED) is 0.546. The van der Waals surface area contributed by atoms with Crippen LogP contribution in [0.15, 0.2) is 41.3 Å². The maximum atomic E-state index is 12.7. The molecule has 0 aliphatic rings. The summed E-state index contributed by atoms with van der Waals surface area (Å²) in [5.74, 6) is -0.0503. The Hall–Kier alpha value is -2.78. The minimum Gasteiger partial charge on any atom is -0.326 e. The first-order valence-corrected chi connectivity index (χ1v) is 11.9. The number of aromatic nitrogens is 3. The molecule has 31 heavy (non-hydrogen) atoms. The standard InChI is InChI=1S/C22H29N5O3S/c1-5-26(6-2)31(29,30)18-11-12-21-20(15-18)24-25-27(21)13-7-8-22(28)23-19-14-16(3)9-10-17(19)4/h9-12,14-15H,5-8,13H2,1-4H3,(H,23,28). The van der Waals surface area contributed by atoms with E-state index in [9.17, 15) is 13.2 Å². The Kier molecular flexibility index (Phi) is 7.07. The number of carbonyl (C=O) groups excluding carboxylic acids is 1. The number of aryl methyl sites for hydroxylation is 3. The summed E-state index contributed by atoms with van der Waals surface area (Å²) in [6, 6.07) is 10.8. The second-order valence-corrected chi connectivity index (χ2v) is 9.46. The summed E-state index contributed by atoms with van der Waals surface area (Å²) in [7, 11) is -3.54. The molecule has 0 bridgehead atoms. The third-order valence-corrected chi connectivity index (χ3v) is 7.32. The Morgan fingerprint density at radius 1 is 1.10 bits per heavy atom. The average molecular weight is 444 g/mol. The molecule has 0 atom stereocenters. The fraction of sp³-hybridized carbons (Fsp3) is 0.409. The number of benzene rings is 2. The van der Waals surface area contributed by atoms with Gasteiger partial charge in [0, 0.05) is 31.7 Å². The zero-order chi connectivity index (χ0) is 22.6. The summed E-state index contributed by atoms with van der Waals surface area (Å²) in [5.41, 5.74) is 4.22. The van der Waals surface area contributed by atoms with Gasteiger partial charge >= 0.3 is 0 Å². The van der Waals surface area contributed by atoms with E-state index in [1.807, 2.05) is 45.9 Å². The zero-order valence-corrected chi connectivity index (χ0v) is 19.2. The van der Waals surface area contributed by atoms with Crippen LogP contribution in [0.5, 0.6) is 0 Å². The number of carbonyl (C=O) groups is 1. The minimum atomic E-state index is -3.54. The van der Waals surface area contributed by atoms with Crippen molar-refractivity contribution < 1.29 is 13.2 Å². The lowest BCUT2D eigenvalue weighted by atomic mass is 10.1. The van der Waals surface area contributed by atoms with E-state index in [-0.39, 0.29) is 10.8 Å². The van der Waals surface area contributed by atoms with E-state index in [1.165, 1.54) is 4.31 Å². The molecule has 1 amide bonds. The molecule has 0 fully saturated rings. The summed E-state index contributed by atoms with van der Waals surface area (Å²) >= 11 is 0. The highest BCUT2D eigenvalue weighted by molar-refractivity contribution is 7.89. The lowest BCUT2D eigenvalue weighted by Crippen LogP contribution is -2.30. The number of amides is 1. The molecule has 2 aromatic carbocycles. The second kappa shape index (κ2) is 9.57. The van der Waals surface area contributed by atoms with Crippen LogP contribution < -0.4 is 5.32 Å². The highest BCUT2D eigenvalue weighted by Crippen LogP contribution is 2.21. The van der Waals surface area contributed by atoms with Crippen LogP contribution in [-0.2, 0) is 21.4 Å². The fourth-order valence-corrected chi connectivity index (χ4v) is 4.94. The SMILES string of the molecule is CCN(CC)S(=O)(=O)c1ccc2c(c1)nnn2CCCC(=O)Nc1cc(C)ccc1C. The van der Waals surface area contributed by atoms with Crippen molar-refractivity contribution in [1.29, 1.82) is 0 Å². The van der Waals surface area contributed by atoms with E-state index in [0.29, 0.717) is 38.0 Å². The molecule has 0 aliphatic heterocycles. The van der Waals surface area contributed by atoms with Gasteiger partial charge < -0.3 is 5.32 Å². The molecule has 0 saturated carbocycles. The maximum absolute atomic E-state index is 12.7. The summed E-state index contributed by atoms with van der Waals surface area (Å²) in [4.78, 5) is 12.5. The molecule has 9 heteroatoms. The van der Waals surface area contributed by atoms with Gasteiger partial charge in [0.15, 0.2) is 0 Å². The van der Waals surface area contributed by atoms with E-state index < -0.39 is 10.0 Å². The molecular formula is C22H29N5O3S. The van der Waals surface area contributed by atoms with Crippen molar-refractivity contribution in [2.75, 3.05) is 18.4 Å². The normalized spacial score (nSPS) is 11.9. The van der Waals surface area contributed by atoms with Gasteiger partial charge in [0.05, 0.1) is 10.4 Å².